The first-order chi connectivity index (χ1) is 15.9. The highest BCUT2D eigenvalue weighted by molar-refractivity contribution is 5.94. The molecule has 0 spiro atoms. The van der Waals surface area contributed by atoms with Crippen molar-refractivity contribution in [1.82, 2.24) is 15.0 Å². The highest BCUT2D eigenvalue weighted by atomic mass is 19.1. The predicted octanol–water partition coefficient (Wildman–Crippen LogP) is 3.61. The summed E-state index contributed by atoms with van der Waals surface area (Å²) in [6.45, 7) is 1.41. The first-order valence-corrected chi connectivity index (χ1v) is 10.4. The molecular formula is C22H22FN5O5. The highest BCUT2D eigenvalue weighted by Gasteiger charge is 2.27. The Morgan fingerprint density at radius 2 is 2.21 bits per heavy atom. The molecule has 33 heavy (non-hydrogen) atoms. The van der Waals surface area contributed by atoms with Crippen LogP contribution in [0.25, 0.3) is 11.4 Å². The molecule has 1 aliphatic heterocycles. The molecule has 0 aliphatic carbocycles. The van der Waals surface area contributed by atoms with Gasteiger partial charge in [-0.3, -0.25) is 19.8 Å². The first kappa shape index (κ1) is 22.3. The van der Waals surface area contributed by atoms with E-state index in [-0.39, 0.29) is 35.6 Å². The Balaban J connectivity index is 1.38. The third-order valence-corrected chi connectivity index (χ3v) is 5.42. The summed E-state index contributed by atoms with van der Waals surface area (Å²) in [5, 5.41) is 17.6. The smallest absolute Gasteiger partial charge is 0.273 e. The second kappa shape index (κ2) is 9.74. The number of aromatic nitrogens is 2. The molecule has 1 aliphatic rings. The molecule has 3 aromatic rings. The van der Waals surface area contributed by atoms with E-state index >= 15 is 0 Å². The van der Waals surface area contributed by atoms with Gasteiger partial charge in [-0.1, -0.05) is 17.3 Å². The molecule has 11 heteroatoms. The Kier molecular flexibility index (Phi) is 6.59. The average molecular weight is 455 g/mol. The van der Waals surface area contributed by atoms with Crippen molar-refractivity contribution < 1.29 is 23.4 Å². The number of nitro benzene ring substituents is 1. The van der Waals surface area contributed by atoms with E-state index in [1.807, 2.05) is 4.90 Å². The number of nitro groups is 1. The zero-order valence-electron chi connectivity index (χ0n) is 17.9. The number of anilines is 1. The fraction of sp³-hybridized carbons (Fsp3) is 0.318. The number of carbonyl (C=O) groups is 1. The Labute approximate surface area is 188 Å². The Bertz CT molecular complexity index is 1170. The van der Waals surface area contributed by atoms with E-state index in [1.54, 1.807) is 12.1 Å². The summed E-state index contributed by atoms with van der Waals surface area (Å²) < 4.78 is 24.1. The summed E-state index contributed by atoms with van der Waals surface area (Å²) in [6, 6.07) is 10.0. The normalized spacial score (nSPS) is 16.4. The molecule has 172 valence electrons. The minimum absolute atomic E-state index is 0.0460. The average Bonchev–Trinajstić information content (AvgIpc) is 3.30. The van der Waals surface area contributed by atoms with Gasteiger partial charge < -0.3 is 14.6 Å². The van der Waals surface area contributed by atoms with Crippen molar-refractivity contribution in [3.8, 4) is 17.1 Å². The van der Waals surface area contributed by atoms with Crippen LogP contribution in [0.15, 0.2) is 47.0 Å². The lowest BCUT2D eigenvalue weighted by molar-refractivity contribution is -0.384. The third-order valence-electron chi connectivity index (χ3n) is 5.42. The largest absolute Gasteiger partial charge is 0.494 e. The quantitative estimate of drug-likeness (QED) is 0.423. The number of halogens is 1. The number of likely N-dealkylation sites (tertiary alicyclic amines) is 1. The maximum absolute atomic E-state index is 13.5. The molecule has 1 atom stereocenters. The van der Waals surface area contributed by atoms with Crippen LogP contribution in [0, 0.1) is 15.9 Å². The first-order valence-electron chi connectivity index (χ1n) is 10.4. The van der Waals surface area contributed by atoms with Crippen LogP contribution in [0.3, 0.4) is 0 Å². The molecular weight excluding hydrogens is 433 g/mol. The molecule has 1 amide bonds. The number of piperidine rings is 1. The molecule has 0 saturated carbocycles. The van der Waals surface area contributed by atoms with Crippen molar-refractivity contribution >= 4 is 17.3 Å². The van der Waals surface area contributed by atoms with Crippen LogP contribution in [0.1, 0.15) is 24.7 Å². The van der Waals surface area contributed by atoms with Crippen LogP contribution in [0.5, 0.6) is 5.75 Å². The van der Waals surface area contributed by atoms with Gasteiger partial charge in [-0.05, 0) is 37.6 Å². The Hall–Kier alpha value is -3.86. The maximum Gasteiger partial charge on any atom is 0.273 e. The number of methoxy groups -OCH3 is 1. The number of non-ortho nitro benzene ring substituents is 1. The van der Waals surface area contributed by atoms with E-state index in [0.29, 0.717) is 29.5 Å². The molecule has 1 aromatic heterocycles. The third kappa shape index (κ3) is 5.32. The van der Waals surface area contributed by atoms with E-state index in [4.69, 9.17) is 9.26 Å². The molecule has 1 fully saturated rings. The van der Waals surface area contributed by atoms with Crippen LogP contribution in [-0.2, 0) is 4.79 Å². The number of amides is 1. The molecule has 4 rings (SSSR count). The van der Waals surface area contributed by atoms with Gasteiger partial charge in [-0.15, -0.1) is 0 Å². The van der Waals surface area contributed by atoms with Crippen LogP contribution >= 0.6 is 0 Å². The van der Waals surface area contributed by atoms with Crippen molar-refractivity contribution in [3.63, 3.8) is 0 Å². The minimum Gasteiger partial charge on any atom is -0.494 e. The molecule has 2 heterocycles. The Morgan fingerprint density at radius 3 is 2.97 bits per heavy atom. The lowest BCUT2D eigenvalue weighted by atomic mass is 9.98. The molecule has 1 saturated heterocycles. The van der Waals surface area contributed by atoms with Gasteiger partial charge >= 0.3 is 0 Å². The van der Waals surface area contributed by atoms with Gasteiger partial charge in [0, 0.05) is 18.2 Å². The fourth-order valence-electron chi connectivity index (χ4n) is 3.84. The zero-order chi connectivity index (χ0) is 23.4. The standard InChI is InChI=1S/C22H22FN5O5/c1-32-19-11-17(28(30)31)7-8-18(19)24-20(29)13-27-9-3-5-15(12-27)22-25-21(26-33-22)14-4-2-6-16(23)10-14/h2,4,6-8,10-11,15H,3,5,9,12-13H2,1H3,(H,24,29). The zero-order valence-corrected chi connectivity index (χ0v) is 17.9. The number of hydrogen-bond donors (Lipinski definition) is 1. The van der Waals surface area contributed by atoms with E-state index in [0.717, 1.165) is 19.4 Å². The fourth-order valence-corrected chi connectivity index (χ4v) is 3.84. The summed E-state index contributed by atoms with van der Waals surface area (Å²) in [4.78, 5) is 29.4. The number of benzene rings is 2. The van der Waals surface area contributed by atoms with Gasteiger partial charge in [0.15, 0.2) is 0 Å². The van der Waals surface area contributed by atoms with Crippen LogP contribution < -0.4 is 10.1 Å². The van der Waals surface area contributed by atoms with E-state index in [1.165, 1.54) is 37.4 Å². The van der Waals surface area contributed by atoms with Gasteiger partial charge in [0.05, 0.1) is 36.2 Å². The van der Waals surface area contributed by atoms with Gasteiger partial charge in [0.1, 0.15) is 11.6 Å². The summed E-state index contributed by atoms with van der Waals surface area (Å²) in [6.07, 6.45) is 1.68. The SMILES string of the molecule is COc1cc([N+](=O)[O-])ccc1NC(=O)CN1CCCC(c2nc(-c3cccc(F)c3)no2)C1. The summed E-state index contributed by atoms with van der Waals surface area (Å²) in [7, 11) is 1.38. The van der Waals surface area contributed by atoms with Crippen LogP contribution in [0.4, 0.5) is 15.8 Å². The molecule has 1 unspecified atom stereocenters. The maximum atomic E-state index is 13.5. The second-order valence-corrected chi connectivity index (χ2v) is 7.73. The second-order valence-electron chi connectivity index (χ2n) is 7.73. The summed E-state index contributed by atoms with van der Waals surface area (Å²) in [5.41, 5.74) is 0.772. The van der Waals surface area contributed by atoms with Crippen LogP contribution in [0.2, 0.25) is 0 Å². The molecule has 2 aromatic carbocycles. The lowest BCUT2D eigenvalue weighted by Crippen LogP contribution is -2.39. The van der Waals surface area contributed by atoms with Crippen LogP contribution in [-0.4, -0.2) is 52.6 Å². The molecule has 0 bridgehead atoms. The van der Waals surface area contributed by atoms with E-state index < -0.39 is 4.92 Å². The number of hydrogen-bond acceptors (Lipinski definition) is 8. The number of carbonyl (C=O) groups excluding carboxylic acids is 1. The highest BCUT2D eigenvalue weighted by Crippen LogP contribution is 2.30. The van der Waals surface area contributed by atoms with Crippen molar-refractivity contribution in [2.24, 2.45) is 0 Å². The van der Waals surface area contributed by atoms with E-state index in [2.05, 4.69) is 15.5 Å². The van der Waals surface area contributed by atoms with Crippen molar-refractivity contribution in [2.75, 3.05) is 32.1 Å². The summed E-state index contributed by atoms with van der Waals surface area (Å²) in [5.74, 6) is 0.299. The topological polar surface area (TPSA) is 124 Å². The van der Waals surface area contributed by atoms with Gasteiger partial charge in [0.25, 0.3) is 5.69 Å². The number of nitrogens with zero attached hydrogens (tertiary/aromatic N) is 4. The number of ether oxygens (including phenoxy) is 1. The monoisotopic (exact) mass is 455 g/mol. The van der Waals surface area contributed by atoms with Gasteiger partial charge in [-0.25, -0.2) is 4.39 Å². The van der Waals surface area contributed by atoms with Gasteiger partial charge in [0.2, 0.25) is 17.6 Å². The minimum atomic E-state index is -0.529. The summed E-state index contributed by atoms with van der Waals surface area (Å²) >= 11 is 0. The lowest BCUT2D eigenvalue weighted by Gasteiger charge is -2.30. The van der Waals surface area contributed by atoms with Crippen molar-refractivity contribution in [1.29, 1.82) is 0 Å². The molecule has 1 N–H and O–H groups in total. The molecule has 10 nitrogen and oxygen atoms in total. The van der Waals surface area contributed by atoms with E-state index in [9.17, 15) is 19.3 Å². The molecule has 0 radical (unpaired) electrons. The van der Waals surface area contributed by atoms with Gasteiger partial charge in [-0.2, -0.15) is 4.98 Å². The van der Waals surface area contributed by atoms with Crippen molar-refractivity contribution in [3.05, 3.63) is 64.3 Å². The number of rotatable bonds is 7. The predicted molar refractivity (Wildman–Crippen MR) is 116 cm³/mol. The Morgan fingerprint density at radius 1 is 1.36 bits per heavy atom. The number of nitrogens with one attached hydrogen (secondary N) is 1. The van der Waals surface area contributed by atoms with Crippen molar-refractivity contribution in [2.45, 2.75) is 18.8 Å².